The first-order valence-electron chi connectivity index (χ1n) is 22.4. The fourth-order valence-electron chi connectivity index (χ4n) is 7.65. The van der Waals surface area contributed by atoms with Gasteiger partial charge in [0.1, 0.15) is 82.2 Å². The highest BCUT2D eigenvalue weighted by atomic mass is 32.2. The maximum absolute atomic E-state index is 14.2. The number of nitrogens with zero attached hydrogens (tertiary/aromatic N) is 7. The lowest BCUT2D eigenvalue weighted by Gasteiger charge is -2.23. The number of hydrogen-bond acceptors (Lipinski definition) is 20. The van der Waals surface area contributed by atoms with E-state index in [1.54, 1.807) is 48.0 Å². The Morgan fingerprint density at radius 2 is 1.52 bits per heavy atom. The van der Waals surface area contributed by atoms with E-state index in [1.165, 1.54) is 71.3 Å². The Bertz CT molecular complexity index is 3290. The molecule has 9 rings (SSSR count). The van der Waals surface area contributed by atoms with Crippen LogP contribution in [0.15, 0.2) is 63.6 Å². The van der Waals surface area contributed by atoms with E-state index in [1.807, 2.05) is 31.4 Å². The second-order valence-corrected chi connectivity index (χ2v) is 22.7. The first-order valence-corrected chi connectivity index (χ1v) is 27.7. The van der Waals surface area contributed by atoms with Gasteiger partial charge in [0.15, 0.2) is 0 Å². The Balaban J connectivity index is 1.13. The van der Waals surface area contributed by atoms with Crippen LogP contribution in [0, 0.1) is 18.3 Å². The largest absolute Gasteiger partial charge is 0.386 e. The Morgan fingerprint density at radius 3 is 2.26 bits per heavy atom. The molecule has 0 fully saturated rings. The molecule has 2 aliphatic heterocycles. The van der Waals surface area contributed by atoms with E-state index in [-0.39, 0.29) is 47.8 Å². The molecule has 0 saturated heterocycles. The standard InChI is InChI=1S/C47H45N13O7S6/c1-20(2)33-47-60-36(29(73-47)15-67-5)40(65)50-14-32(62)57-37(38(63)22-9-7-6-8-10-22)46-55-28(18-70-46)44-53-26(16-69-44)35-23(11-12-24(51-35)43-56-30(48)19-71-43)42-54-27(17-68-42)39(64)52-25(13-31(61)49-4)45-59-34(21(3)72-45)41(66)58-33/h6-12,16-18,20,25,33,37-38,48,63H,13-15,19H2,1-5H3,(H,49,61)(H,50,65)(H,52,64)(H,57,62)(H,58,66)/t25-,33-,37-,38-/m0/s1. The number of thioether (sulfide) groups is 1. The number of ether oxygens (including phenoxy) is 1. The van der Waals surface area contributed by atoms with E-state index >= 15 is 0 Å². The molecule has 0 saturated carbocycles. The first kappa shape index (κ1) is 51.4. The van der Waals surface area contributed by atoms with Crippen LogP contribution in [0.4, 0.5) is 0 Å². The zero-order chi connectivity index (χ0) is 51.5. The first-order chi connectivity index (χ1) is 35.2. The summed E-state index contributed by atoms with van der Waals surface area (Å²) in [7, 11) is 2.96. The molecular formula is C47H45N13O7S6. The summed E-state index contributed by atoms with van der Waals surface area (Å²) in [6.07, 6.45) is -1.43. The summed E-state index contributed by atoms with van der Waals surface area (Å²) in [5, 5.41) is 41.8. The number of methoxy groups -OCH3 is 1. The van der Waals surface area contributed by atoms with Gasteiger partial charge in [0, 0.05) is 40.7 Å². The monoisotopic (exact) mass is 1100 g/mol. The molecule has 0 spiro atoms. The van der Waals surface area contributed by atoms with E-state index in [0.29, 0.717) is 79.5 Å². The number of thiazole rings is 5. The van der Waals surface area contributed by atoms with Gasteiger partial charge in [-0.1, -0.05) is 55.9 Å². The number of carbonyl (C=O) groups excluding carboxylic acids is 5. The Labute approximate surface area is 441 Å². The zero-order valence-corrected chi connectivity index (χ0v) is 44.4. The number of pyridine rings is 1. The Hall–Kier alpha value is -6.52. The average molecular weight is 1100 g/mol. The fourth-order valence-corrected chi connectivity index (χ4v) is 13.2. The summed E-state index contributed by atoms with van der Waals surface area (Å²) in [6.45, 7) is 5.03. The molecular weight excluding hydrogens is 1050 g/mol. The van der Waals surface area contributed by atoms with Gasteiger partial charge in [-0.2, -0.15) is 0 Å². The molecule has 26 heteroatoms. The molecule has 4 atom stereocenters. The van der Waals surface area contributed by atoms with Crippen molar-refractivity contribution in [1.82, 2.24) is 56.5 Å². The van der Waals surface area contributed by atoms with Crippen molar-refractivity contribution in [3.63, 3.8) is 0 Å². The summed E-state index contributed by atoms with van der Waals surface area (Å²) in [5.41, 5.74) is 3.12. The minimum atomic E-state index is -1.24. The van der Waals surface area contributed by atoms with Crippen LogP contribution in [0.2, 0.25) is 0 Å². The van der Waals surface area contributed by atoms with Crippen molar-refractivity contribution in [3.05, 3.63) is 112 Å². The third-order valence-electron chi connectivity index (χ3n) is 11.3. The number of hydrogen-bond donors (Lipinski definition) is 7. The average Bonchev–Trinajstić information content (AvgIpc) is 4.26. The lowest BCUT2D eigenvalue weighted by molar-refractivity contribution is -0.122. The fraction of sp³-hybridized carbons (Fsp3) is 0.298. The van der Waals surface area contributed by atoms with Crippen molar-refractivity contribution in [2.24, 2.45) is 10.9 Å². The van der Waals surface area contributed by atoms with Gasteiger partial charge < -0.3 is 36.4 Å². The molecule has 7 aromatic rings. The molecule has 5 amide bonds. The number of aryl methyl sites for hydroxylation is 1. The number of benzene rings is 1. The van der Waals surface area contributed by atoms with Gasteiger partial charge >= 0.3 is 0 Å². The molecule has 73 heavy (non-hydrogen) atoms. The van der Waals surface area contributed by atoms with Crippen LogP contribution in [0.25, 0.3) is 32.7 Å². The Morgan fingerprint density at radius 1 is 0.781 bits per heavy atom. The van der Waals surface area contributed by atoms with E-state index in [2.05, 4.69) is 41.5 Å². The van der Waals surface area contributed by atoms with Crippen LogP contribution in [0.3, 0.4) is 0 Å². The molecule has 0 aliphatic carbocycles. The third-order valence-corrected chi connectivity index (χ3v) is 17.2. The van der Waals surface area contributed by atoms with Gasteiger partial charge in [-0.15, -0.1) is 56.7 Å². The van der Waals surface area contributed by atoms with Gasteiger partial charge in [0.2, 0.25) is 11.8 Å². The SMILES string of the molecule is CNC(=O)C[C@@H]1NC(=O)c2csc(n2)-c2ccc(C3=NC(=N)CS3)nc2-c2csc(n2)-c2csc(n2)[C@H]([C@@H](O)c2ccccc2)NC(=O)CNC(=O)c2nc(sc2COC)[C@H](C(C)C)NC(=O)c2nc1sc2C. The predicted octanol–water partition coefficient (Wildman–Crippen LogP) is 6.66. The summed E-state index contributed by atoms with van der Waals surface area (Å²) in [6, 6.07) is 9.73. The van der Waals surface area contributed by atoms with Gasteiger partial charge in [0.25, 0.3) is 17.7 Å². The number of carbonyl (C=O) groups is 5. The number of fused-ring (bicyclic) bond motifs is 14. The lowest BCUT2D eigenvalue weighted by Crippen LogP contribution is -2.40. The van der Waals surface area contributed by atoms with E-state index < -0.39 is 54.4 Å². The predicted molar refractivity (Wildman–Crippen MR) is 283 cm³/mol. The molecule has 10 bridgehead atoms. The summed E-state index contributed by atoms with van der Waals surface area (Å²) in [4.78, 5) is 103. The second-order valence-electron chi connectivity index (χ2n) is 16.8. The Kier molecular flexibility index (Phi) is 15.7. The number of aliphatic imine (C=N–C) groups is 1. The van der Waals surface area contributed by atoms with E-state index in [9.17, 15) is 29.1 Å². The molecule has 376 valence electrons. The molecule has 0 unspecified atom stereocenters. The van der Waals surface area contributed by atoms with Crippen LogP contribution in [-0.2, 0) is 20.9 Å². The van der Waals surface area contributed by atoms with Crippen molar-refractivity contribution in [2.45, 2.75) is 58.0 Å². The van der Waals surface area contributed by atoms with E-state index in [4.69, 9.17) is 30.1 Å². The topological polar surface area (TPSA) is 289 Å². The number of aromatic nitrogens is 6. The zero-order valence-electron chi connectivity index (χ0n) is 39.5. The van der Waals surface area contributed by atoms with Crippen LogP contribution < -0.4 is 26.6 Å². The van der Waals surface area contributed by atoms with Crippen molar-refractivity contribution >= 4 is 109 Å². The second kappa shape index (κ2) is 22.3. The lowest BCUT2D eigenvalue weighted by atomic mass is 10.0. The number of aliphatic hydroxyl groups excluding tert-OH is 1. The van der Waals surface area contributed by atoms with Crippen LogP contribution in [0.5, 0.6) is 0 Å². The number of nitrogens with one attached hydrogen (secondary N) is 6. The quantitative estimate of drug-likeness (QED) is 0.0838. The molecule has 7 N–H and O–H groups in total. The van der Waals surface area contributed by atoms with Gasteiger partial charge in [0.05, 0.1) is 48.0 Å². The molecule has 20 nitrogen and oxygen atoms in total. The minimum absolute atomic E-state index is 0.0135. The highest BCUT2D eigenvalue weighted by molar-refractivity contribution is 8.15. The number of amides is 5. The van der Waals surface area contributed by atoms with Gasteiger partial charge in [-0.25, -0.2) is 34.9 Å². The van der Waals surface area contributed by atoms with Gasteiger partial charge in [-0.3, -0.25) is 29.4 Å². The highest BCUT2D eigenvalue weighted by Crippen LogP contribution is 2.39. The molecule has 1 aromatic carbocycles. The summed E-state index contributed by atoms with van der Waals surface area (Å²) in [5.74, 6) is -2.38. The normalized spacial score (nSPS) is 18.1. The summed E-state index contributed by atoms with van der Waals surface area (Å²) < 4.78 is 5.43. The third kappa shape index (κ3) is 11.3. The van der Waals surface area contributed by atoms with Crippen molar-refractivity contribution in [2.75, 3.05) is 26.5 Å². The maximum atomic E-state index is 14.2. The maximum Gasteiger partial charge on any atom is 0.271 e. The van der Waals surface area contributed by atoms with Gasteiger partial charge in [-0.05, 0) is 30.5 Å². The highest BCUT2D eigenvalue weighted by Gasteiger charge is 2.33. The molecule has 0 radical (unpaired) electrons. The van der Waals surface area contributed by atoms with Crippen molar-refractivity contribution in [1.29, 1.82) is 5.41 Å². The molecule has 2 aliphatic rings. The molecule has 8 heterocycles. The van der Waals surface area contributed by atoms with Crippen molar-refractivity contribution < 1.29 is 33.8 Å². The number of amidine groups is 1. The van der Waals surface area contributed by atoms with E-state index in [0.717, 1.165) is 11.3 Å². The number of aliphatic hydroxyl groups is 1. The number of rotatable bonds is 8. The van der Waals surface area contributed by atoms with Crippen LogP contribution >= 0.6 is 68.4 Å². The molecule has 6 aromatic heterocycles. The smallest absolute Gasteiger partial charge is 0.271 e. The summed E-state index contributed by atoms with van der Waals surface area (Å²) >= 11 is 7.45. The van der Waals surface area contributed by atoms with Crippen LogP contribution in [0.1, 0.15) is 112 Å². The van der Waals surface area contributed by atoms with Crippen molar-refractivity contribution in [3.8, 4) is 32.7 Å². The van der Waals surface area contributed by atoms with Crippen LogP contribution in [-0.4, -0.2) is 102 Å². The minimum Gasteiger partial charge on any atom is -0.386 e.